The molecule has 0 aromatic heterocycles. The molecule has 2 aliphatic rings. The monoisotopic (exact) mass is 423 g/mol. The van der Waals surface area contributed by atoms with Gasteiger partial charge < -0.3 is 9.64 Å². The van der Waals surface area contributed by atoms with Crippen LogP contribution in [0.25, 0.3) is 0 Å². The molecule has 2 aromatic carbocycles. The highest BCUT2D eigenvalue weighted by molar-refractivity contribution is 5.86. The number of carbonyl (C=O) groups excluding carboxylic acids is 2. The Morgan fingerprint density at radius 1 is 1.00 bits per heavy atom. The number of halogens is 1. The predicted molar refractivity (Wildman–Crippen MR) is 117 cm³/mol. The second-order valence-electron chi connectivity index (χ2n) is 8.89. The SMILES string of the molecule is O=C(COC(=O)C1(c2cccc(F)c2)CCCC1)N1CCC(Cc2ccccc2)CC1. The van der Waals surface area contributed by atoms with E-state index in [0.29, 0.717) is 37.4 Å². The molecule has 0 radical (unpaired) electrons. The van der Waals surface area contributed by atoms with Crippen molar-refractivity contribution in [1.82, 2.24) is 4.90 Å². The van der Waals surface area contributed by atoms with Crippen LogP contribution >= 0.6 is 0 Å². The maximum absolute atomic E-state index is 13.8. The van der Waals surface area contributed by atoms with Crippen LogP contribution in [0.5, 0.6) is 0 Å². The zero-order valence-corrected chi connectivity index (χ0v) is 17.9. The van der Waals surface area contributed by atoms with E-state index >= 15 is 0 Å². The van der Waals surface area contributed by atoms with Crippen molar-refractivity contribution in [2.24, 2.45) is 5.92 Å². The molecule has 0 unspecified atom stereocenters. The Morgan fingerprint density at radius 3 is 2.39 bits per heavy atom. The van der Waals surface area contributed by atoms with Crippen LogP contribution in [0.1, 0.15) is 49.7 Å². The summed E-state index contributed by atoms with van der Waals surface area (Å²) in [5, 5.41) is 0. The smallest absolute Gasteiger partial charge is 0.317 e. The molecule has 164 valence electrons. The molecule has 4 nitrogen and oxygen atoms in total. The molecule has 2 aromatic rings. The maximum atomic E-state index is 13.8. The van der Waals surface area contributed by atoms with Gasteiger partial charge in [-0.1, -0.05) is 55.3 Å². The number of benzene rings is 2. The molecule has 5 heteroatoms. The zero-order chi connectivity index (χ0) is 21.7. The van der Waals surface area contributed by atoms with E-state index in [1.807, 2.05) is 6.07 Å². The number of esters is 1. The summed E-state index contributed by atoms with van der Waals surface area (Å²) in [5.74, 6) is -0.323. The fraction of sp³-hybridized carbons (Fsp3) is 0.462. The van der Waals surface area contributed by atoms with Crippen molar-refractivity contribution in [1.29, 1.82) is 0 Å². The largest absolute Gasteiger partial charge is 0.455 e. The number of piperidine rings is 1. The normalized spacial score (nSPS) is 18.7. The quantitative estimate of drug-likeness (QED) is 0.635. The lowest BCUT2D eigenvalue weighted by molar-refractivity contribution is -0.157. The Bertz CT molecular complexity index is 900. The summed E-state index contributed by atoms with van der Waals surface area (Å²) in [5.41, 5.74) is 1.16. The lowest BCUT2D eigenvalue weighted by Crippen LogP contribution is -2.42. The van der Waals surface area contributed by atoms with Crippen LogP contribution in [-0.2, 0) is 26.2 Å². The van der Waals surface area contributed by atoms with Gasteiger partial charge in [0, 0.05) is 13.1 Å². The van der Waals surface area contributed by atoms with Crippen LogP contribution in [0.2, 0.25) is 0 Å². The molecule has 0 N–H and O–H groups in total. The molecule has 4 rings (SSSR count). The van der Waals surface area contributed by atoms with Crippen LogP contribution in [-0.4, -0.2) is 36.5 Å². The minimum Gasteiger partial charge on any atom is -0.455 e. The van der Waals surface area contributed by atoms with Crippen LogP contribution in [0.3, 0.4) is 0 Å². The van der Waals surface area contributed by atoms with Crippen molar-refractivity contribution >= 4 is 11.9 Å². The number of ether oxygens (including phenoxy) is 1. The van der Waals surface area contributed by atoms with Gasteiger partial charge in [-0.15, -0.1) is 0 Å². The van der Waals surface area contributed by atoms with Crippen molar-refractivity contribution in [2.75, 3.05) is 19.7 Å². The summed E-state index contributed by atoms with van der Waals surface area (Å²) >= 11 is 0. The van der Waals surface area contributed by atoms with E-state index < -0.39 is 11.4 Å². The number of amides is 1. The van der Waals surface area contributed by atoms with Crippen LogP contribution in [0, 0.1) is 11.7 Å². The third-order valence-corrected chi connectivity index (χ3v) is 6.89. The van der Waals surface area contributed by atoms with E-state index in [2.05, 4.69) is 24.3 Å². The fourth-order valence-corrected chi connectivity index (χ4v) is 5.07. The van der Waals surface area contributed by atoms with Gasteiger partial charge in [-0.2, -0.15) is 0 Å². The molecule has 1 amide bonds. The van der Waals surface area contributed by atoms with Gasteiger partial charge in [-0.05, 0) is 61.3 Å². The first-order chi connectivity index (χ1) is 15.1. The van der Waals surface area contributed by atoms with Gasteiger partial charge in [0.1, 0.15) is 5.82 Å². The van der Waals surface area contributed by atoms with Crippen molar-refractivity contribution in [3.05, 3.63) is 71.5 Å². The second kappa shape index (κ2) is 9.63. The molecule has 0 atom stereocenters. The summed E-state index contributed by atoms with van der Waals surface area (Å²) in [6, 6.07) is 16.7. The fourth-order valence-electron chi connectivity index (χ4n) is 5.07. The van der Waals surface area contributed by atoms with E-state index in [-0.39, 0.29) is 18.3 Å². The molecule has 1 aliphatic carbocycles. The summed E-state index contributed by atoms with van der Waals surface area (Å²) < 4.78 is 19.3. The van der Waals surface area contributed by atoms with E-state index in [0.717, 1.165) is 32.1 Å². The Kier molecular flexibility index (Phi) is 6.69. The van der Waals surface area contributed by atoms with Gasteiger partial charge in [0.15, 0.2) is 6.61 Å². The Morgan fingerprint density at radius 2 is 1.71 bits per heavy atom. The number of hydrogen-bond donors (Lipinski definition) is 0. The summed E-state index contributed by atoms with van der Waals surface area (Å²) in [6.45, 7) is 1.16. The Labute approximate surface area is 183 Å². The topological polar surface area (TPSA) is 46.6 Å². The zero-order valence-electron chi connectivity index (χ0n) is 17.9. The third-order valence-electron chi connectivity index (χ3n) is 6.89. The van der Waals surface area contributed by atoms with Crippen LogP contribution in [0.4, 0.5) is 4.39 Å². The number of hydrogen-bond acceptors (Lipinski definition) is 3. The van der Waals surface area contributed by atoms with E-state index in [1.54, 1.807) is 17.0 Å². The highest BCUT2D eigenvalue weighted by Gasteiger charge is 2.44. The second-order valence-corrected chi connectivity index (χ2v) is 8.89. The molecule has 1 heterocycles. The molecule has 31 heavy (non-hydrogen) atoms. The number of nitrogens with zero attached hydrogens (tertiary/aromatic N) is 1. The average molecular weight is 424 g/mol. The van der Waals surface area contributed by atoms with Gasteiger partial charge in [0.05, 0.1) is 5.41 Å². The van der Waals surface area contributed by atoms with E-state index in [4.69, 9.17) is 4.74 Å². The van der Waals surface area contributed by atoms with Crippen molar-refractivity contribution in [3.63, 3.8) is 0 Å². The van der Waals surface area contributed by atoms with E-state index in [9.17, 15) is 14.0 Å². The number of rotatable bonds is 6. The molecule has 1 aliphatic heterocycles. The highest BCUT2D eigenvalue weighted by atomic mass is 19.1. The first-order valence-corrected chi connectivity index (χ1v) is 11.3. The molecule has 2 fully saturated rings. The minimum atomic E-state index is -0.828. The molecular weight excluding hydrogens is 393 g/mol. The van der Waals surface area contributed by atoms with Crippen LogP contribution < -0.4 is 0 Å². The number of carbonyl (C=O) groups is 2. The first-order valence-electron chi connectivity index (χ1n) is 11.3. The summed E-state index contributed by atoms with van der Waals surface area (Å²) in [6.07, 6.45) is 6.02. The van der Waals surface area contributed by atoms with Crippen molar-refractivity contribution in [3.8, 4) is 0 Å². The summed E-state index contributed by atoms with van der Waals surface area (Å²) in [4.78, 5) is 27.5. The Hall–Kier alpha value is -2.69. The molecular formula is C26H30FNO3. The lowest BCUT2D eigenvalue weighted by atomic mass is 9.79. The lowest BCUT2D eigenvalue weighted by Gasteiger charge is -2.32. The standard InChI is InChI=1S/C26H30FNO3/c27-23-10-6-9-22(18-23)26(13-4-5-14-26)25(30)31-19-24(29)28-15-11-21(12-16-28)17-20-7-2-1-3-8-20/h1-3,6-10,18,21H,4-5,11-17,19H2. The van der Waals surface area contributed by atoms with E-state index in [1.165, 1.54) is 17.7 Å². The number of likely N-dealkylation sites (tertiary alicyclic amines) is 1. The van der Waals surface area contributed by atoms with Gasteiger partial charge in [-0.3, -0.25) is 9.59 Å². The molecule has 0 spiro atoms. The minimum absolute atomic E-state index is 0.140. The van der Waals surface area contributed by atoms with Gasteiger partial charge in [-0.25, -0.2) is 4.39 Å². The molecule has 1 saturated heterocycles. The van der Waals surface area contributed by atoms with Crippen LogP contribution in [0.15, 0.2) is 54.6 Å². The Balaban J connectivity index is 1.30. The third kappa shape index (κ3) is 4.97. The summed E-state index contributed by atoms with van der Waals surface area (Å²) in [7, 11) is 0. The van der Waals surface area contributed by atoms with Gasteiger partial charge >= 0.3 is 5.97 Å². The molecule has 0 bridgehead atoms. The maximum Gasteiger partial charge on any atom is 0.317 e. The average Bonchev–Trinajstić information content (AvgIpc) is 3.30. The van der Waals surface area contributed by atoms with Crippen molar-refractivity contribution < 1.29 is 18.7 Å². The molecule has 1 saturated carbocycles. The van der Waals surface area contributed by atoms with Gasteiger partial charge in [0.25, 0.3) is 5.91 Å². The van der Waals surface area contributed by atoms with Crippen molar-refractivity contribution in [2.45, 2.75) is 50.4 Å². The first kappa shape index (κ1) is 21.5. The highest BCUT2D eigenvalue weighted by Crippen LogP contribution is 2.42. The predicted octanol–water partition coefficient (Wildman–Crippen LogP) is 4.66. The van der Waals surface area contributed by atoms with Gasteiger partial charge in [0.2, 0.25) is 0 Å².